The van der Waals surface area contributed by atoms with Crippen LogP contribution in [0.4, 0.5) is 5.69 Å². The van der Waals surface area contributed by atoms with E-state index in [-0.39, 0.29) is 18.0 Å². The molecule has 2 rings (SSSR count). The molecular formula is C15H14N2O3. The fraction of sp³-hybridized carbons (Fsp3) is 0.133. The standard InChI is InChI=1S/C15H14N2O3/c18-15(16-11-12-5-2-1-3-6-12)10-13-7-4-8-14(9-13)17(19)20/h1-9H,10-11H2,(H,16,18). The van der Waals surface area contributed by atoms with Gasteiger partial charge in [0.25, 0.3) is 5.69 Å². The number of amides is 1. The topological polar surface area (TPSA) is 72.2 Å². The van der Waals surface area contributed by atoms with E-state index in [1.807, 2.05) is 30.3 Å². The van der Waals surface area contributed by atoms with E-state index < -0.39 is 4.92 Å². The summed E-state index contributed by atoms with van der Waals surface area (Å²) < 4.78 is 0. The highest BCUT2D eigenvalue weighted by atomic mass is 16.6. The first-order valence-electron chi connectivity index (χ1n) is 6.19. The summed E-state index contributed by atoms with van der Waals surface area (Å²) in [5, 5.41) is 13.4. The second-order valence-corrected chi connectivity index (χ2v) is 4.37. The number of hydrogen-bond acceptors (Lipinski definition) is 3. The van der Waals surface area contributed by atoms with E-state index in [4.69, 9.17) is 0 Å². The third-order valence-corrected chi connectivity index (χ3v) is 2.82. The first kappa shape index (κ1) is 13.7. The van der Waals surface area contributed by atoms with E-state index in [0.717, 1.165) is 5.56 Å². The second kappa shape index (κ2) is 6.47. The fourth-order valence-corrected chi connectivity index (χ4v) is 1.82. The van der Waals surface area contributed by atoms with Crippen LogP contribution in [0.2, 0.25) is 0 Å². The zero-order chi connectivity index (χ0) is 14.4. The van der Waals surface area contributed by atoms with Gasteiger partial charge in [-0.2, -0.15) is 0 Å². The van der Waals surface area contributed by atoms with Gasteiger partial charge in [-0.3, -0.25) is 14.9 Å². The molecule has 0 aliphatic carbocycles. The third-order valence-electron chi connectivity index (χ3n) is 2.82. The number of nitro benzene ring substituents is 1. The first-order valence-corrected chi connectivity index (χ1v) is 6.19. The summed E-state index contributed by atoms with van der Waals surface area (Å²) in [6.07, 6.45) is 0.133. The molecule has 0 fully saturated rings. The lowest BCUT2D eigenvalue weighted by atomic mass is 10.1. The van der Waals surface area contributed by atoms with Gasteiger partial charge in [-0.05, 0) is 11.1 Å². The Morgan fingerprint density at radius 1 is 1.05 bits per heavy atom. The van der Waals surface area contributed by atoms with Crippen molar-refractivity contribution in [2.24, 2.45) is 0 Å². The molecule has 0 heterocycles. The minimum atomic E-state index is -0.467. The van der Waals surface area contributed by atoms with Crippen molar-refractivity contribution in [3.63, 3.8) is 0 Å². The first-order chi connectivity index (χ1) is 9.65. The molecule has 0 saturated carbocycles. The number of hydrogen-bond donors (Lipinski definition) is 1. The molecule has 0 bridgehead atoms. The van der Waals surface area contributed by atoms with E-state index in [1.54, 1.807) is 12.1 Å². The van der Waals surface area contributed by atoms with Crippen LogP contribution in [0.3, 0.4) is 0 Å². The van der Waals surface area contributed by atoms with Crippen molar-refractivity contribution >= 4 is 11.6 Å². The highest BCUT2D eigenvalue weighted by Gasteiger charge is 2.08. The van der Waals surface area contributed by atoms with E-state index in [1.165, 1.54) is 12.1 Å². The van der Waals surface area contributed by atoms with Crippen LogP contribution < -0.4 is 5.32 Å². The molecule has 0 aliphatic heterocycles. The van der Waals surface area contributed by atoms with E-state index >= 15 is 0 Å². The molecule has 5 nitrogen and oxygen atoms in total. The molecule has 0 aliphatic rings. The Morgan fingerprint density at radius 2 is 1.75 bits per heavy atom. The van der Waals surface area contributed by atoms with E-state index in [0.29, 0.717) is 12.1 Å². The molecule has 0 saturated heterocycles. The normalized spacial score (nSPS) is 10.0. The fourth-order valence-electron chi connectivity index (χ4n) is 1.82. The average Bonchev–Trinajstić information content (AvgIpc) is 2.46. The Morgan fingerprint density at radius 3 is 2.45 bits per heavy atom. The van der Waals surface area contributed by atoms with Gasteiger partial charge in [-0.25, -0.2) is 0 Å². The van der Waals surface area contributed by atoms with Gasteiger partial charge in [0.2, 0.25) is 5.91 Å². The van der Waals surface area contributed by atoms with Crippen LogP contribution >= 0.6 is 0 Å². The SMILES string of the molecule is O=C(Cc1cccc([N+](=O)[O-])c1)NCc1ccccc1. The number of carbonyl (C=O) groups is 1. The van der Waals surface area contributed by atoms with Crippen LogP contribution in [-0.2, 0) is 17.8 Å². The van der Waals surface area contributed by atoms with Gasteiger partial charge in [-0.1, -0.05) is 42.5 Å². The highest BCUT2D eigenvalue weighted by molar-refractivity contribution is 5.78. The second-order valence-electron chi connectivity index (χ2n) is 4.37. The molecular weight excluding hydrogens is 256 g/mol. The van der Waals surface area contributed by atoms with Crippen molar-refractivity contribution in [2.45, 2.75) is 13.0 Å². The number of nitrogens with one attached hydrogen (secondary N) is 1. The molecule has 0 spiro atoms. The Hall–Kier alpha value is -2.69. The number of carbonyl (C=O) groups excluding carboxylic acids is 1. The number of nitrogens with zero attached hydrogens (tertiary/aromatic N) is 1. The molecule has 2 aromatic carbocycles. The van der Waals surface area contributed by atoms with Gasteiger partial charge in [-0.15, -0.1) is 0 Å². The zero-order valence-corrected chi connectivity index (χ0v) is 10.8. The smallest absolute Gasteiger partial charge is 0.269 e. The van der Waals surface area contributed by atoms with Crippen LogP contribution in [0, 0.1) is 10.1 Å². The molecule has 102 valence electrons. The van der Waals surface area contributed by atoms with Gasteiger partial charge in [0, 0.05) is 18.7 Å². The van der Waals surface area contributed by atoms with Gasteiger partial charge >= 0.3 is 0 Å². The summed E-state index contributed by atoms with van der Waals surface area (Å²) in [6.45, 7) is 0.453. The number of non-ortho nitro benzene ring substituents is 1. The minimum Gasteiger partial charge on any atom is -0.352 e. The van der Waals surface area contributed by atoms with Crippen LogP contribution in [0.25, 0.3) is 0 Å². The quantitative estimate of drug-likeness (QED) is 0.670. The summed E-state index contributed by atoms with van der Waals surface area (Å²) in [7, 11) is 0. The Bertz CT molecular complexity index is 612. The predicted molar refractivity (Wildman–Crippen MR) is 75.1 cm³/mol. The lowest BCUT2D eigenvalue weighted by Crippen LogP contribution is -2.24. The monoisotopic (exact) mass is 270 g/mol. The maximum atomic E-state index is 11.8. The van der Waals surface area contributed by atoms with Crippen LogP contribution in [0.5, 0.6) is 0 Å². The summed E-state index contributed by atoms with van der Waals surface area (Å²) >= 11 is 0. The molecule has 0 radical (unpaired) electrons. The van der Waals surface area contributed by atoms with Gasteiger partial charge < -0.3 is 5.32 Å². The Labute approximate surface area is 116 Å². The van der Waals surface area contributed by atoms with Crippen molar-refractivity contribution in [1.29, 1.82) is 0 Å². The summed E-state index contributed by atoms with van der Waals surface area (Å²) in [4.78, 5) is 22.0. The zero-order valence-electron chi connectivity index (χ0n) is 10.8. The molecule has 1 N–H and O–H groups in total. The number of benzene rings is 2. The summed E-state index contributed by atoms with van der Waals surface area (Å²) in [6, 6.07) is 15.7. The summed E-state index contributed by atoms with van der Waals surface area (Å²) in [5.74, 6) is -0.158. The highest BCUT2D eigenvalue weighted by Crippen LogP contribution is 2.13. The molecule has 1 amide bonds. The van der Waals surface area contributed by atoms with Gasteiger partial charge in [0.05, 0.1) is 11.3 Å². The van der Waals surface area contributed by atoms with Crippen LogP contribution in [-0.4, -0.2) is 10.8 Å². The number of nitro groups is 1. The van der Waals surface area contributed by atoms with E-state index in [9.17, 15) is 14.9 Å². The molecule has 5 heteroatoms. The molecule has 0 unspecified atom stereocenters. The van der Waals surface area contributed by atoms with Gasteiger partial charge in [0.15, 0.2) is 0 Å². The Balaban J connectivity index is 1.91. The molecule has 0 atom stereocenters. The molecule has 20 heavy (non-hydrogen) atoms. The molecule has 0 aromatic heterocycles. The van der Waals surface area contributed by atoms with Crippen molar-refractivity contribution in [2.75, 3.05) is 0 Å². The van der Waals surface area contributed by atoms with Crippen molar-refractivity contribution in [3.8, 4) is 0 Å². The van der Waals surface area contributed by atoms with Crippen molar-refractivity contribution < 1.29 is 9.72 Å². The van der Waals surface area contributed by atoms with Crippen LogP contribution in [0.15, 0.2) is 54.6 Å². The lowest BCUT2D eigenvalue weighted by Gasteiger charge is -2.05. The average molecular weight is 270 g/mol. The van der Waals surface area contributed by atoms with Gasteiger partial charge in [0.1, 0.15) is 0 Å². The van der Waals surface area contributed by atoms with Crippen molar-refractivity contribution in [3.05, 3.63) is 75.8 Å². The Kier molecular flexibility index (Phi) is 4.44. The van der Waals surface area contributed by atoms with Crippen LogP contribution in [0.1, 0.15) is 11.1 Å². The molecule has 2 aromatic rings. The third kappa shape index (κ3) is 3.91. The lowest BCUT2D eigenvalue weighted by molar-refractivity contribution is -0.384. The predicted octanol–water partition coefficient (Wildman–Crippen LogP) is 2.45. The minimum absolute atomic E-state index is 0.00152. The number of rotatable bonds is 5. The maximum absolute atomic E-state index is 11.8. The maximum Gasteiger partial charge on any atom is 0.269 e. The summed E-state index contributed by atoms with van der Waals surface area (Å²) in [5.41, 5.74) is 1.64. The van der Waals surface area contributed by atoms with E-state index in [2.05, 4.69) is 5.32 Å². The largest absolute Gasteiger partial charge is 0.352 e. The van der Waals surface area contributed by atoms with Crippen molar-refractivity contribution in [1.82, 2.24) is 5.32 Å².